The van der Waals surface area contributed by atoms with Crippen molar-refractivity contribution in [3.8, 4) is 0 Å². The predicted octanol–water partition coefficient (Wildman–Crippen LogP) is 2.55. The summed E-state index contributed by atoms with van der Waals surface area (Å²) in [4.78, 5) is 0. The molecule has 3 atom stereocenters. The summed E-state index contributed by atoms with van der Waals surface area (Å²) in [6, 6.07) is 0.900. The predicted molar refractivity (Wildman–Crippen MR) is 66.4 cm³/mol. The lowest BCUT2D eigenvalue weighted by atomic mass is 9.84. The van der Waals surface area contributed by atoms with Crippen LogP contribution in [0.2, 0.25) is 0 Å². The highest BCUT2D eigenvalue weighted by Crippen LogP contribution is 2.26. The molecule has 1 saturated carbocycles. The first-order chi connectivity index (χ1) is 7.71. The minimum atomic E-state index is -0.137. The zero-order valence-electron chi connectivity index (χ0n) is 11.2. The molecule has 0 amide bonds. The third kappa shape index (κ3) is 4.04. The van der Waals surface area contributed by atoms with Crippen LogP contribution in [0.1, 0.15) is 46.0 Å². The van der Waals surface area contributed by atoms with Gasteiger partial charge >= 0.3 is 0 Å². The maximum Gasteiger partial charge on any atom is 0.171 e. The highest BCUT2D eigenvalue weighted by atomic mass is 16.7. The monoisotopic (exact) mass is 229 g/mol. The van der Waals surface area contributed by atoms with Crippen LogP contribution < -0.4 is 5.32 Å². The molecular formula is C13H27NO2. The van der Waals surface area contributed by atoms with E-state index in [-0.39, 0.29) is 12.3 Å². The second kappa shape index (κ2) is 7.25. The van der Waals surface area contributed by atoms with E-state index >= 15 is 0 Å². The van der Waals surface area contributed by atoms with Crippen molar-refractivity contribution in [2.45, 2.75) is 64.3 Å². The Morgan fingerprint density at radius 2 is 1.94 bits per heavy atom. The van der Waals surface area contributed by atoms with E-state index in [1.54, 1.807) is 14.2 Å². The Bertz CT molecular complexity index is 183. The number of methoxy groups -OCH3 is 2. The van der Waals surface area contributed by atoms with E-state index < -0.39 is 0 Å². The van der Waals surface area contributed by atoms with Crippen molar-refractivity contribution in [2.75, 3.05) is 14.2 Å². The lowest BCUT2D eigenvalue weighted by Gasteiger charge is -2.33. The zero-order chi connectivity index (χ0) is 12.0. The first-order valence-corrected chi connectivity index (χ1v) is 6.52. The molecule has 1 aliphatic rings. The van der Waals surface area contributed by atoms with Crippen LogP contribution in [-0.2, 0) is 9.47 Å². The Morgan fingerprint density at radius 1 is 1.25 bits per heavy atom. The fourth-order valence-corrected chi connectivity index (χ4v) is 2.77. The average molecular weight is 229 g/mol. The quantitative estimate of drug-likeness (QED) is 0.710. The van der Waals surface area contributed by atoms with Gasteiger partial charge in [-0.1, -0.05) is 26.2 Å². The summed E-state index contributed by atoms with van der Waals surface area (Å²) < 4.78 is 10.5. The number of nitrogens with one attached hydrogen (secondary N) is 1. The lowest BCUT2D eigenvalue weighted by Crippen LogP contribution is -2.46. The molecule has 16 heavy (non-hydrogen) atoms. The molecule has 3 unspecified atom stereocenters. The van der Waals surface area contributed by atoms with Crippen molar-refractivity contribution in [3.05, 3.63) is 0 Å². The second-order valence-corrected chi connectivity index (χ2v) is 4.93. The van der Waals surface area contributed by atoms with Gasteiger partial charge in [-0.05, 0) is 25.7 Å². The number of ether oxygens (including phenoxy) is 2. The third-order valence-electron chi connectivity index (χ3n) is 3.73. The Hall–Kier alpha value is -0.120. The number of hydrogen-bond donors (Lipinski definition) is 1. The molecule has 0 aliphatic heterocycles. The molecule has 0 aromatic heterocycles. The molecule has 1 N–H and O–H groups in total. The van der Waals surface area contributed by atoms with Crippen LogP contribution >= 0.6 is 0 Å². The van der Waals surface area contributed by atoms with Crippen molar-refractivity contribution in [3.63, 3.8) is 0 Å². The molecular weight excluding hydrogens is 202 g/mol. The largest absolute Gasteiger partial charge is 0.354 e. The molecule has 0 aromatic carbocycles. The van der Waals surface area contributed by atoms with E-state index in [9.17, 15) is 0 Å². The van der Waals surface area contributed by atoms with Gasteiger partial charge < -0.3 is 14.8 Å². The molecule has 0 saturated heterocycles. The lowest BCUT2D eigenvalue weighted by molar-refractivity contribution is -0.121. The topological polar surface area (TPSA) is 30.5 Å². The average Bonchev–Trinajstić information content (AvgIpc) is 2.31. The van der Waals surface area contributed by atoms with Gasteiger partial charge in [0.1, 0.15) is 0 Å². The minimum Gasteiger partial charge on any atom is -0.354 e. The molecule has 0 spiro atoms. The van der Waals surface area contributed by atoms with Gasteiger partial charge in [0.25, 0.3) is 0 Å². The van der Waals surface area contributed by atoms with Crippen LogP contribution in [-0.4, -0.2) is 32.6 Å². The summed E-state index contributed by atoms with van der Waals surface area (Å²) in [7, 11) is 3.39. The van der Waals surface area contributed by atoms with E-state index in [0.29, 0.717) is 6.04 Å². The zero-order valence-corrected chi connectivity index (χ0v) is 11.2. The van der Waals surface area contributed by atoms with E-state index in [1.165, 1.54) is 32.1 Å². The van der Waals surface area contributed by atoms with E-state index in [0.717, 1.165) is 5.92 Å². The molecule has 1 fully saturated rings. The second-order valence-electron chi connectivity index (χ2n) is 4.93. The van der Waals surface area contributed by atoms with Crippen LogP contribution in [0.15, 0.2) is 0 Å². The molecule has 0 aromatic rings. The van der Waals surface area contributed by atoms with Crippen LogP contribution in [0, 0.1) is 5.92 Å². The van der Waals surface area contributed by atoms with Crippen LogP contribution in [0.5, 0.6) is 0 Å². The van der Waals surface area contributed by atoms with Crippen LogP contribution in [0.3, 0.4) is 0 Å². The Morgan fingerprint density at radius 3 is 2.50 bits per heavy atom. The van der Waals surface area contributed by atoms with E-state index in [1.807, 2.05) is 0 Å². The van der Waals surface area contributed by atoms with Gasteiger partial charge in [0.2, 0.25) is 0 Å². The smallest absolute Gasteiger partial charge is 0.171 e. The summed E-state index contributed by atoms with van der Waals surface area (Å²) in [6.07, 6.45) is 6.53. The first kappa shape index (κ1) is 13.9. The van der Waals surface area contributed by atoms with Gasteiger partial charge in [0.15, 0.2) is 6.29 Å². The van der Waals surface area contributed by atoms with Gasteiger partial charge in [-0.2, -0.15) is 0 Å². The number of rotatable bonds is 6. The van der Waals surface area contributed by atoms with Gasteiger partial charge in [0, 0.05) is 20.3 Å². The van der Waals surface area contributed by atoms with E-state index in [2.05, 4.69) is 19.2 Å². The minimum absolute atomic E-state index is 0.137. The molecule has 0 heterocycles. The standard InChI is InChI=1S/C13H27NO2/c1-5-11-7-6-8-12(9-11)14-10(2)13(15-3)16-4/h10-14H,5-9H2,1-4H3. The normalized spacial score (nSPS) is 28.3. The van der Waals surface area contributed by atoms with E-state index in [4.69, 9.17) is 9.47 Å². The molecule has 0 radical (unpaired) electrons. The van der Waals surface area contributed by atoms with Crippen molar-refractivity contribution in [1.82, 2.24) is 5.32 Å². The molecule has 1 aliphatic carbocycles. The maximum absolute atomic E-state index is 5.27. The first-order valence-electron chi connectivity index (χ1n) is 6.52. The summed E-state index contributed by atoms with van der Waals surface area (Å²) in [5.74, 6) is 0.905. The maximum atomic E-state index is 5.27. The summed E-state index contributed by atoms with van der Waals surface area (Å²) in [6.45, 7) is 4.43. The van der Waals surface area contributed by atoms with Gasteiger partial charge in [0.05, 0.1) is 6.04 Å². The van der Waals surface area contributed by atoms with Crippen molar-refractivity contribution >= 4 is 0 Å². The van der Waals surface area contributed by atoms with Gasteiger partial charge in [-0.25, -0.2) is 0 Å². The van der Waals surface area contributed by atoms with Crippen LogP contribution in [0.4, 0.5) is 0 Å². The fourth-order valence-electron chi connectivity index (χ4n) is 2.77. The SMILES string of the molecule is CCC1CCCC(NC(C)C(OC)OC)C1. The summed E-state index contributed by atoms with van der Waals surface area (Å²) in [5.41, 5.74) is 0. The summed E-state index contributed by atoms with van der Waals surface area (Å²) >= 11 is 0. The molecule has 1 rings (SSSR count). The molecule has 0 bridgehead atoms. The highest BCUT2D eigenvalue weighted by molar-refractivity contribution is 4.80. The third-order valence-corrected chi connectivity index (χ3v) is 3.73. The van der Waals surface area contributed by atoms with Crippen molar-refractivity contribution in [1.29, 1.82) is 0 Å². The Kier molecular flexibility index (Phi) is 6.32. The van der Waals surface area contributed by atoms with Gasteiger partial charge in [-0.3, -0.25) is 0 Å². The molecule has 3 heteroatoms. The molecule has 96 valence electrons. The Balaban J connectivity index is 2.34. The van der Waals surface area contributed by atoms with Crippen molar-refractivity contribution < 1.29 is 9.47 Å². The fraction of sp³-hybridized carbons (Fsp3) is 1.00. The summed E-state index contributed by atoms with van der Waals surface area (Å²) in [5, 5.41) is 3.64. The van der Waals surface area contributed by atoms with Crippen LogP contribution in [0.25, 0.3) is 0 Å². The Labute approximate surface area is 99.9 Å². The highest BCUT2D eigenvalue weighted by Gasteiger charge is 2.24. The van der Waals surface area contributed by atoms with Gasteiger partial charge in [-0.15, -0.1) is 0 Å². The van der Waals surface area contributed by atoms with Crippen molar-refractivity contribution in [2.24, 2.45) is 5.92 Å². The number of hydrogen-bond acceptors (Lipinski definition) is 3. The molecule has 3 nitrogen and oxygen atoms in total.